The molecule has 0 heteroatoms. The Balaban J connectivity index is 1.61. The first-order chi connectivity index (χ1) is 9.69. The largest absolute Gasteiger partial charge is 0.0686 e. The molecule has 0 saturated carbocycles. The SMILES string of the molecule is CC1=CC2=C(C1)c1cc3c(cc1C2)C1=C(C=C(C)C1)C3. The number of fused-ring (bicyclic) bond motifs is 4. The fourth-order valence-electron chi connectivity index (χ4n) is 4.46. The third-order valence-electron chi connectivity index (χ3n) is 5.27. The van der Waals surface area contributed by atoms with Crippen LogP contribution >= 0.6 is 0 Å². The van der Waals surface area contributed by atoms with Crippen LogP contribution in [0.4, 0.5) is 0 Å². The molecule has 0 radical (unpaired) electrons. The van der Waals surface area contributed by atoms with Crippen LogP contribution in [0.5, 0.6) is 0 Å². The van der Waals surface area contributed by atoms with E-state index in [1.165, 1.54) is 24.0 Å². The summed E-state index contributed by atoms with van der Waals surface area (Å²) in [6.07, 6.45) is 9.48. The van der Waals surface area contributed by atoms with Gasteiger partial charge in [-0.1, -0.05) is 35.4 Å². The Kier molecular flexibility index (Phi) is 1.87. The topological polar surface area (TPSA) is 0 Å². The third kappa shape index (κ3) is 1.27. The van der Waals surface area contributed by atoms with Crippen molar-refractivity contribution in [2.45, 2.75) is 39.5 Å². The van der Waals surface area contributed by atoms with Crippen molar-refractivity contribution in [1.82, 2.24) is 0 Å². The number of benzene rings is 1. The van der Waals surface area contributed by atoms with Crippen molar-refractivity contribution in [2.24, 2.45) is 0 Å². The Morgan fingerprint density at radius 3 is 1.55 bits per heavy atom. The van der Waals surface area contributed by atoms with E-state index >= 15 is 0 Å². The van der Waals surface area contributed by atoms with E-state index in [1.54, 1.807) is 44.5 Å². The van der Waals surface area contributed by atoms with E-state index in [4.69, 9.17) is 0 Å². The quantitative estimate of drug-likeness (QED) is 0.614. The molecule has 1 aromatic carbocycles. The molecule has 0 heterocycles. The number of hydrogen-bond donors (Lipinski definition) is 0. The zero-order valence-electron chi connectivity index (χ0n) is 12.1. The van der Waals surface area contributed by atoms with Crippen molar-refractivity contribution in [3.8, 4) is 0 Å². The van der Waals surface area contributed by atoms with E-state index in [9.17, 15) is 0 Å². The van der Waals surface area contributed by atoms with Gasteiger partial charge in [-0.15, -0.1) is 0 Å². The molecule has 0 aromatic heterocycles. The second kappa shape index (κ2) is 3.44. The third-order valence-corrected chi connectivity index (χ3v) is 5.27. The van der Waals surface area contributed by atoms with Crippen LogP contribution in [0.2, 0.25) is 0 Å². The van der Waals surface area contributed by atoms with Crippen LogP contribution < -0.4 is 0 Å². The minimum Gasteiger partial charge on any atom is -0.0686 e. The summed E-state index contributed by atoms with van der Waals surface area (Å²) in [5, 5.41) is 0. The predicted molar refractivity (Wildman–Crippen MR) is 84.4 cm³/mol. The van der Waals surface area contributed by atoms with Crippen LogP contribution in [-0.2, 0) is 12.8 Å². The lowest BCUT2D eigenvalue weighted by Crippen LogP contribution is -1.94. The van der Waals surface area contributed by atoms with Crippen LogP contribution in [0.3, 0.4) is 0 Å². The van der Waals surface area contributed by atoms with Gasteiger partial charge in [-0.05, 0) is 84.1 Å². The molecule has 98 valence electrons. The lowest BCUT2D eigenvalue weighted by atomic mass is 9.93. The van der Waals surface area contributed by atoms with Crippen molar-refractivity contribution < 1.29 is 0 Å². The van der Waals surface area contributed by atoms with Crippen LogP contribution in [0, 0.1) is 0 Å². The molecule has 0 amide bonds. The summed E-state index contributed by atoms with van der Waals surface area (Å²) in [6.45, 7) is 4.52. The fraction of sp³-hybridized carbons (Fsp3) is 0.300. The first-order valence-corrected chi connectivity index (χ1v) is 7.64. The van der Waals surface area contributed by atoms with E-state index in [0.717, 1.165) is 12.8 Å². The summed E-state index contributed by atoms with van der Waals surface area (Å²) in [5.74, 6) is 0. The van der Waals surface area contributed by atoms with Crippen molar-refractivity contribution >= 4 is 11.1 Å². The average molecular weight is 258 g/mol. The van der Waals surface area contributed by atoms with E-state index < -0.39 is 0 Å². The average Bonchev–Trinajstić information content (AvgIpc) is 3.06. The zero-order valence-corrected chi connectivity index (χ0v) is 12.1. The molecule has 20 heavy (non-hydrogen) atoms. The standard InChI is InChI=1S/C20H18/c1-11-3-13-7-15-10-20-16(9-19(15)17(13)5-11)8-14-4-12(2)6-18(14)20/h3-4,9-10H,5-8H2,1-2H3. The van der Waals surface area contributed by atoms with Gasteiger partial charge in [0.15, 0.2) is 0 Å². The summed E-state index contributed by atoms with van der Waals surface area (Å²) in [5.41, 5.74) is 15.7. The van der Waals surface area contributed by atoms with E-state index in [-0.39, 0.29) is 0 Å². The highest BCUT2D eigenvalue weighted by Gasteiger charge is 2.30. The van der Waals surface area contributed by atoms with Crippen LogP contribution in [-0.4, -0.2) is 0 Å². The van der Waals surface area contributed by atoms with Crippen molar-refractivity contribution in [3.05, 3.63) is 68.8 Å². The normalized spacial score (nSPS) is 21.9. The molecule has 0 fully saturated rings. The molecular weight excluding hydrogens is 240 g/mol. The summed E-state index contributed by atoms with van der Waals surface area (Å²) < 4.78 is 0. The molecule has 1 aromatic rings. The minimum absolute atomic E-state index is 1.16. The molecule has 0 aliphatic heterocycles. The van der Waals surface area contributed by atoms with E-state index in [0.29, 0.717) is 0 Å². The monoisotopic (exact) mass is 258 g/mol. The first-order valence-electron chi connectivity index (χ1n) is 7.64. The lowest BCUT2D eigenvalue weighted by molar-refractivity contribution is 1.17. The van der Waals surface area contributed by atoms with E-state index in [2.05, 4.69) is 38.1 Å². The Hall–Kier alpha value is -1.82. The summed E-state index contributed by atoms with van der Waals surface area (Å²) in [7, 11) is 0. The van der Waals surface area contributed by atoms with Crippen LogP contribution in [0.1, 0.15) is 48.9 Å². The first kappa shape index (κ1) is 10.9. The lowest BCUT2D eigenvalue weighted by Gasteiger charge is -2.11. The van der Waals surface area contributed by atoms with Crippen LogP contribution in [0.15, 0.2) is 46.6 Å². The van der Waals surface area contributed by atoms with Gasteiger partial charge in [0.1, 0.15) is 0 Å². The maximum atomic E-state index is 2.50. The number of hydrogen-bond acceptors (Lipinski definition) is 0. The molecule has 4 aliphatic rings. The molecule has 0 N–H and O–H groups in total. The van der Waals surface area contributed by atoms with Gasteiger partial charge in [-0.3, -0.25) is 0 Å². The van der Waals surface area contributed by atoms with Gasteiger partial charge in [-0.2, -0.15) is 0 Å². The Morgan fingerprint density at radius 1 is 0.650 bits per heavy atom. The summed E-state index contributed by atoms with van der Waals surface area (Å²) in [6, 6.07) is 5.00. The zero-order chi connectivity index (χ0) is 13.4. The number of allylic oxidation sites excluding steroid dienone is 8. The molecule has 4 aliphatic carbocycles. The van der Waals surface area contributed by atoms with Crippen LogP contribution in [0.25, 0.3) is 11.1 Å². The van der Waals surface area contributed by atoms with Gasteiger partial charge >= 0.3 is 0 Å². The second-order valence-electron chi connectivity index (χ2n) is 6.86. The van der Waals surface area contributed by atoms with Crippen molar-refractivity contribution in [3.63, 3.8) is 0 Å². The maximum absolute atomic E-state index is 2.50. The highest BCUT2D eigenvalue weighted by molar-refractivity contribution is 5.88. The van der Waals surface area contributed by atoms with Crippen molar-refractivity contribution in [2.75, 3.05) is 0 Å². The van der Waals surface area contributed by atoms with Gasteiger partial charge in [0.25, 0.3) is 0 Å². The Bertz CT molecular complexity index is 737. The number of rotatable bonds is 0. The molecule has 0 atom stereocenters. The molecule has 0 bridgehead atoms. The van der Waals surface area contributed by atoms with Crippen molar-refractivity contribution in [1.29, 1.82) is 0 Å². The van der Waals surface area contributed by atoms with Gasteiger partial charge in [0, 0.05) is 0 Å². The highest BCUT2D eigenvalue weighted by atomic mass is 14.3. The molecular formula is C20H18. The molecule has 0 nitrogen and oxygen atoms in total. The smallest absolute Gasteiger partial charge is 0.00165 e. The fourth-order valence-corrected chi connectivity index (χ4v) is 4.46. The summed E-state index contributed by atoms with van der Waals surface area (Å²) in [4.78, 5) is 0. The Morgan fingerprint density at radius 2 is 1.10 bits per heavy atom. The van der Waals surface area contributed by atoms with Gasteiger partial charge in [0.05, 0.1) is 0 Å². The highest BCUT2D eigenvalue weighted by Crippen LogP contribution is 2.48. The van der Waals surface area contributed by atoms with Gasteiger partial charge < -0.3 is 0 Å². The van der Waals surface area contributed by atoms with Gasteiger partial charge in [-0.25, -0.2) is 0 Å². The van der Waals surface area contributed by atoms with E-state index in [1.807, 2.05) is 0 Å². The summed E-state index contributed by atoms with van der Waals surface area (Å²) >= 11 is 0. The molecule has 0 unspecified atom stereocenters. The predicted octanol–water partition coefficient (Wildman–Crippen LogP) is 5.01. The molecule has 0 spiro atoms. The maximum Gasteiger partial charge on any atom is -0.00165 e. The molecule has 5 rings (SSSR count). The Labute approximate surface area is 120 Å². The molecule has 0 saturated heterocycles. The van der Waals surface area contributed by atoms with Gasteiger partial charge in [0.2, 0.25) is 0 Å². The second-order valence-corrected chi connectivity index (χ2v) is 6.86. The minimum atomic E-state index is 1.16.